The van der Waals surface area contributed by atoms with Gasteiger partial charge in [-0.1, -0.05) is 29.4 Å². The molecule has 1 aromatic carbocycles. The number of ether oxygens (including phenoxy) is 4. The van der Waals surface area contributed by atoms with E-state index in [0.717, 1.165) is 12.0 Å². The van der Waals surface area contributed by atoms with Crippen LogP contribution in [0, 0.1) is 11.8 Å². The van der Waals surface area contributed by atoms with E-state index < -0.39 is 46.6 Å². The number of carbonyl (C=O) groups is 3. The average Bonchev–Trinajstić information content (AvgIpc) is 3.15. The fourth-order valence-corrected chi connectivity index (χ4v) is 8.26. The Labute approximate surface area is 275 Å². The van der Waals surface area contributed by atoms with Crippen molar-refractivity contribution in [3.8, 4) is 17.2 Å². The Kier molecular flexibility index (Phi) is 7.95. The van der Waals surface area contributed by atoms with E-state index in [4.69, 9.17) is 18.9 Å². The highest BCUT2D eigenvalue weighted by Crippen LogP contribution is 2.68. The van der Waals surface area contributed by atoms with Crippen LogP contribution in [0.2, 0.25) is 0 Å². The number of hydrogen-bond donors (Lipinski definition) is 2. The molecule has 1 aromatic rings. The summed E-state index contributed by atoms with van der Waals surface area (Å²) in [4.78, 5) is 40.2. The van der Waals surface area contributed by atoms with E-state index in [2.05, 4.69) is 19.9 Å². The molecule has 0 amide bonds. The predicted molar refractivity (Wildman–Crippen MR) is 175 cm³/mol. The van der Waals surface area contributed by atoms with Gasteiger partial charge in [-0.05, 0) is 92.4 Å². The highest BCUT2D eigenvalue weighted by molar-refractivity contribution is 6.19. The lowest BCUT2D eigenvalue weighted by Gasteiger charge is -2.56. The third kappa shape index (κ3) is 4.84. The zero-order valence-electron chi connectivity index (χ0n) is 28.2. The summed E-state index contributed by atoms with van der Waals surface area (Å²) in [5, 5.41) is 21.6. The van der Waals surface area contributed by atoms with Gasteiger partial charge in [-0.25, -0.2) is 0 Å². The molecule has 250 valence electrons. The maximum absolute atomic E-state index is 14.8. The Bertz CT molecular complexity index is 1710. The molecule has 3 heterocycles. The Morgan fingerprint density at radius 2 is 1.77 bits per heavy atom. The molecule has 2 fully saturated rings. The molecule has 1 saturated carbocycles. The molecule has 0 radical (unpaired) electrons. The third-order valence-electron chi connectivity index (χ3n) is 10.4. The number of phenols is 1. The second-order valence-electron chi connectivity index (χ2n) is 14.6. The average molecular weight is 645 g/mol. The standard InChI is InChI=1S/C38H44O9/c1-21(2)9-8-14-36(7)15-13-25-30(41)29-31(42)27-17-23-18-28-35(5,6)47-37(34(23)43,16-12-24(19-39)44-20-40)38(27,28)46-33(29)26(32(25)45-36)11-10-22(3)4/h9-10,12-13,15,17,20,23,28,39,41H,8,11,14,16,18-19H2,1-7H3/b24-12-/t23-,28?,36+,37-,38-/m1/s1. The van der Waals surface area contributed by atoms with Crippen molar-refractivity contribution in [3.05, 3.63) is 69.5 Å². The molecule has 3 aliphatic carbocycles. The van der Waals surface area contributed by atoms with Crippen molar-refractivity contribution in [1.82, 2.24) is 0 Å². The number of Topliss-reactive ketones (excluding diaryl/α,β-unsaturated/α-hetero) is 2. The van der Waals surface area contributed by atoms with Gasteiger partial charge in [0.1, 0.15) is 40.8 Å². The smallest absolute Gasteiger partial charge is 0.298 e. The monoisotopic (exact) mass is 644 g/mol. The van der Waals surface area contributed by atoms with E-state index in [9.17, 15) is 24.6 Å². The molecule has 1 unspecified atom stereocenters. The maximum Gasteiger partial charge on any atom is 0.298 e. The molecular weight excluding hydrogens is 600 g/mol. The first-order chi connectivity index (χ1) is 22.1. The van der Waals surface area contributed by atoms with Crippen LogP contribution in [0.4, 0.5) is 0 Å². The van der Waals surface area contributed by atoms with Crippen LogP contribution in [-0.4, -0.2) is 57.3 Å². The summed E-state index contributed by atoms with van der Waals surface area (Å²) in [5.41, 5.74) is -1.16. The number of carbonyl (C=O) groups excluding carboxylic acids is 3. The summed E-state index contributed by atoms with van der Waals surface area (Å²) >= 11 is 0. The Hall–Kier alpha value is -3.95. The van der Waals surface area contributed by atoms with E-state index in [1.165, 1.54) is 11.6 Å². The van der Waals surface area contributed by atoms with Crippen LogP contribution in [-0.2, 0) is 25.5 Å². The largest absolute Gasteiger partial charge is 0.506 e. The Balaban J connectivity index is 1.58. The molecule has 2 N–H and O–H groups in total. The number of hydrogen-bond acceptors (Lipinski definition) is 9. The highest BCUT2D eigenvalue weighted by Gasteiger charge is 2.81. The number of rotatable bonds is 10. The lowest BCUT2D eigenvalue weighted by Crippen LogP contribution is -2.72. The van der Waals surface area contributed by atoms with Gasteiger partial charge in [0.2, 0.25) is 0 Å². The summed E-state index contributed by atoms with van der Waals surface area (Å²) < 4.78 is 25.6. The molecule has 1 saturated heterocycles. The topological polar surface area (TPSA) is 129 Å². The van der Waals surface area contributed by atoms with Crippen molar-refractivity contribution in [2.75, 3.05) is 6.61 Å². The number of ketones is 2. The zero-order valence-corrected chi connectivity index (χ0v) is 28.2. The summed E-state index contributed by atoms with van der Waals surface area (Å²) in [6, 6.07) is 0. The molecule has 7 rings (SSSR count). The van der Waals surface area contributed by atoms with E-state index >= 15 is 0 Å². The molecule has 4 bridgehead atoms. The van der Waals surface area contributed by atoms with E-state index in [1.807, 2.05) is 52.8 Å². The van der Waals surface area contributed by atoms with Gasteiger partial charge in [-0.15, -0.1) is 0 Å². The van der Waals surface area contributed by atoms with Gasteiger partial charge in [0.15, 0.2) is 22.8 Å². The second kappa shape index (κ2) is 11.3. The number of fused-ring (bicyclic) bond motifs is 2. The van der Waals surface area contributed by atoms with Crippen molar-refractivity contribution in [2.24, 2.45) is 11.8 Å². The first-order valence-corrected chi connectivity index (χ1v) is 16.3. The molecule has 5 atom stereocenters. The molecule has 9 nitrogen and oxygen atoms in total. The second-order valence-corrected chi connectivity index (χ2v) is 14.6. The van der Waals surface area contributed by atoms with Gasteiger partial charge in [-0.2, -0.15) is 0 Å². The number of aliphatic hydroxyl groups excluding tert-OH is 1. The minimum absolute atomic E-state index is 0.0403. The lowest BCUT2D eigenvalue weighted by molar-refractivity contribution is -0.171. The normalized spacial score (nSPS) is 30.7. The fourth-order valence-electron chi connectivity index (χ4n) is 8.26. The summed E-state index contributed by atoms with van der Waals surface area (Å²) in [5.74, 6) is -1.31. The maximum atomic E-state index is 14.8. The van der Waals surface area contributed by atoms with Crippen LogP contribution in [0.5, 0.6) is 17.2 Å². The van der Waals surface area contributed by atoms with Crippen molar-refractivity contribution in [3.63, 3.8) is 0 Å². The minimum Gasteiger partial charge on any atom is -0.506 e. The van der Waals surface area contributed by atoms with Crippen LogP contribution < -0.4 is 9.47 Å². The van der Waals surface area contributed by atoms with Crippen LogP contribution >= 0.6 is 0 Å². The molecule has 9 heteroatoms. The summed E-state index contributed by atoms with van der Waals surface area (Å²) in [6.45, 7) is 13.5. The fraction of sp³-hybridized carbons (Fsp3) is 0.500. The number of aromatic hydroxyl groups is 1. The quantitative estimate of drug-likeness (QED) is 0.172. The van der Waals surface area contributed by atoms with Gasteiger partial charge in [0.25, 0.3) is 6.47 Å². The first kappa shape index (κ1) is 33.0. The highest BCUT2D eigenvalue weighted by atomic mass is 16.6. The van der Waals surface area contributed by atoms with Gasteiger partial charge in [0, 0.05) is 29.4 Å². The van der Waals surface area contributed by atoms with Crippen molar-refractivity contribution >= 4 is 24.1 Å². The van der Waals surface area contributed by atoms with E-state index in [1.54, 1.807) is 6.08 Å². The number of allylic oxidation sites excluding steroid dienone is 5. The van der Waals surface area contributed by atoms with Crippen molar-refractivity contribution in [1.29, 1.82) is 0 Å². The molecule has 0 aromatic heterocycles. The SMILES string of the molecule is CC(C)=CCC[C@@]1(C)C=Cc2c(O)c3c(c(CC=C(C)C)c2O1)O[C@]12C(=C[C@@H]4CC1C(C)(C)O[C@]2(C/C=C(/CO)OC=O)C4=O)C3=O. The molecular formula is C38H44O9. The van der Waals surface area contributed by atoms with Gasteiger partial charge in [-0.3, -0.25) is 14.4 Å². The van der Waals surface area contributed by atoms with Crippen LogP contribution in [0.15, 0.2) is 52.9 Å². The number of phenolic OH excluding ortho intramolecular Hbond substituents is 1. The summed E-state index contributed by atoms with van der Waals surface area (Å²) in [6.07, 6.45) is 13.2. The van der Waals surface area contributed by atoms with E-state index in [-0.39, 0.29) is 47.1 Å². The van der Waals surface area contributed by atoms with Gasteiger partial charge >= 0.3 is 0 Å². The predicted octanol–water partition coefficient (Wildman–Crippen LogP) is 6.26. The van der Waals surface area contributed by atoms with Crippen LogP contribution in [0.1, 0.15) is 95.6 Å². The third-order valence-corrected chi connectivity index (χ3v) is 10.4. The van der Waals surface area contributed by atoms with Gasteiger partial charge in [0.05, 0.1) is 11.2 Å². The van der Waals surface area contributed by atoms with E-state index in [0.29, 0.717) is 36.1 Å². The lowest BCUT2D eigenvalue weighted by atomic mass is 9.51. The number of benzene rings is 1. The first-order valence-electron chi connectivity index (χ1n) is 16.3. The van der Waals surface area contributed by atoms with Crippen LogP contribution in [0.25, 0.3) is 6.08 Å². The Morgan fingerprint density at radius 3 is 2.43 bits per heavy atom. The Morgan fingerprint density at radius 1 is 1.04 bits per heavy atom. The van der Waals surface area contributed by atoms with Crippen LogP contribution in [0.3, 0.4) is 0 Å². The van der Waals surface area contributed by atoms with Crippen molar-refractivity contribution in [2.45, 2.75) is 103 Å². The summed E-state index contributed by atoms with van der Waals surface area (Å²) in [7, 11) is 0. The molecule has 1 spiro atoms. The molecule has 47 heavy (non-hydrogen) atoms. The van der Waals surface area contributed by atoms with Gasteiger partial charge < -0.3 is 29.2 Å². The molecule has 3 aliphatic heterocycles. The number of aliphatic hydroxyl groups is 1. The minimum atomic E-state index is -1.66. The zero-order chi connectivity index (χ0) is 34.1. The van der Waals surface area contributed by atoms with Crippen molar-refractivity contribution < 1.29 is 43.5 Å². The molecule has 6 aliphatic rings.